The zero-order valence-corrected chi connectivity index (χ0v) is 10.6. The predicted molar refractivity (Wildman–Crippen MR) is 68.7 cm³/mol. The molecular weight excluding hydrogens is 266 g/mol. The SMILES string of the molecule is CC1CCN1c1ncc2cccc(Br)c2n1. The second-order valence-electron chi connectivity index (χ2n) is 4.18. The van der Waals surface area contributed by atoms with Crippen LogP contribution in [-0.2, 0) is 0 Å². The van der Waals surface area contributed by atoms with Crippen LogP contribution in [0.25, 0.3) is 10.9 Å². The van der Waals surface area contributed by atoms with Crippen LogP contribution >= 0.6 is 15.9 Å². The first-order chi connectivity index (χ1) is 7.75. The van der Waals surface area contributed by atoms with E-state index in [-0.39, 0.29) is 0 Å². The standard InChI is InChI=1S/C12H12BrN3/c1-8-5-6-16(8)12-14-7-9-3-2-4-10(13)11(9)15-12/h2-4,7-8H,5-6H2,1H3. The van der Waals surface area contributed by atoms with Gasteiger partial charge in [0.15, 0.2) is 0 Å². The lowest BCUT2D eigenvalue weighted by atomic mass is 10.1. The van der Waals surface area contributed by atoms with Crippen molar-refractivity contribution in [3.8, 4) is 0 Å². The van der Waals surface area contributed by atoms with Crippen LogP contribution < -0.4 is 4.90 Å². The monoisotopic (exact) mass is 277 g/mol. The first-order valence-corrected chi connectivity index (χ1v) is 6.23. The van der Waals surface area contributed by atoms with Gasteiger partial charge in [0.05, 0.1) is 5.52 Å². The molecule has 1 unspecified atom stereocenters. The molecule has 0 N–H and O–H groups in total. The van der Waals surface area contributed by atoms with Crippen LogP contribution in [0.1, 0.15) is 13.3 Å². The van der Waals surface area contributed by atoms with Gasteiger partial charge >= 0.3 is 0 Å². The molecule has 1 aromatic carbocycles. The fourth-order valence-electron chi connectivity index (χ4n) is 1.96. The lowest BCUT2D eigenvalue weighted by molar-refractivity contribution is 0.471. The molecule has 16 heavy (non-hydrogen) atoms. The highest BCUT2D eigenvalue weighted by Gasteiger charge is 2.25. The molecule has 0 bridgehead atoms. The topological polar surface area (TPSA) is 29.0 Å². The Morgan fingerprint density at radius 3 is 3.00 bits per heavy atom. The van der Waals surface area contributed by atoms with Gasteiger partial charge < -0.3 is 4.90 Å². The number of para-hydroxylation sites is 1. The van der Waals surface area contributed by atoms with Gasteiger partial charge in [-0.1, -0.05) is 12.1 Å². The van der Waals surface area contributed by atoms with E-state index < -0.39 is 0 Å². The Hall–Kier alpha value is -1.16. The summed E-state index contributed by atoms with van der Waals surface area (Å²) >= 11 is 3.53. The maximum Gasteiger partial charge on any atom is 0.226 e. The van der Waals surface area contributed by atoms with Gasteiger partial charge in [0.1, 0.15) is 0 Å². The number of anilines is 1. The molecule has 82 valence electrons. The number of rotatable bonds is 1. The van der Waals surface area contributed by atoms with Gasteiger partial charge in [-0.2, -0.15) is 0 Å². The summed E-state index contributed by atoms with van der Waals surface area (Å²) < 4.78 is 1.03. The highest BCUT2D eigenvalue weighted by atomic mass is 79.9. The summed E-state index contributed by atoms with van der Waals surface area (Å²) in [5.41, 5.74) is 0.992. The van der Waals surface area contributed by atoms with Crippen LogP contribution in [0.4, 0.5) is 5.95 Å². The molecule has 2 heterocycles. The number of hydrogen-bond acceptors (Lipinski definition) is 3. The van der Waals surface area contributed by atoms with Crippen molar-refractivity contribution >= 4 is 32.8 Å². The van der Waals surface area contributed by atoms with Crippen molar-refractivity contribution in [2.75, 3.05) is 11.4 Å². The van der Waals surface area contributed by atoms with Gasteiger partial charge in [-0.25, -0.2) is 9.97 Å². The molecule has 1 aliphatic rings. The fraction of sp³-hybridized carbons (Fsp3) is 0.333. The summed E-state index contributed by atoms with van der Waals surface area (Å²) in [5.74, 6) is 0.846. The molecule has 0 radical (unpaired) electrons. The van der Waals surface area contributed by atoms with Crippen molar-refractivity contribution in [2.24, 2.45) is 0 Å². The van der Waals surface area contributed by atoms with Crippen LogP contribution in [0.5, 0.6) is 0 Å². The van der Waals surface area contributed by atoms with Crippen molar-refractivity contribution in [2.45, 2.75) is 19.4 Å². The maximum absolute atomic E-state index is 4.62. The average molecular weight is 278 g/mol. The zero-order valence-electron chi connectivity index (χ0n) is 9.02. The van der Waals surface area contributed by atoms with Crippen molar-refractivity contribution < 1.29 is 0 Å². The van der Waals surface area contributed by atoms with Gasteiger partial charge in [-0.15, -0.1) is 0 Å². The minimum Gasteiger partial charge on any atom is -0.338 e. The third-order valence-electron chi connectivity index (χ3n) is 3.13. The maximum atomic E-state index is 4.62. The first-order valence-electron chi connectivity index (χ1n) is 5.43. The Labute approximate surface area is 103 Å². The second kappa shape index (κ2) is 3.70. The minimum atomic E-state index is 0.569. The summed E-state index contributed by atoms with van der Waals surface area (Å²) in [5, 5.41) is 1.08. The van der Waals surface area contributed by atoms with E-state index in [1.807, 2.05) is 24.4 Å². The van der Waals surface area contributed by atoms with E-state index >= 15 is 0 Å². The fourth-order valence-corrected chi connectivity index (χ4v) is 2.43. The Bertz CT molecular complexity index is 541. The molecule has 1 fully saturated rings. The van der Waals surface area contributed by atoms with Crippen molar-refractivity contribution in [3.05, 3.63) is 28.9 Å². The van der Waals surface area contributed by atoms with Gasteiger partial charge in [0, 0.05) is 28.6 Å². The molecule has 0 saturated carbocycles. The average Bonchev–Trinajstić information content (AvgIpc) is 2.28. The van der Waals surface area contributed by atoms with E-state index in [0.717, 1.165) is 27.9 Å². The largest absolute Gasteiger partial charge is 0.338 e. The number of hydrogen-bond donors (Lipinski definition) is 0. The number of halogens is 1. The second-order valence-corrected chi connectivity index (χ2v) is 5.03. The van der Waals surface area contributed by atoms with E-state index in [2.05, 4.69) is 37.7 Å². The van der Waals surface area contributed by atoms with Gasteiger partial charge in [0.2, 0.25) is 5.95 Å². The highest BCUT2D eigenvalue weighted by molar-refractivity contribution is 9.10. The Kier molecular flexibility index (Phi) is 2.32. The van der Waals surface area contributed by atoms with Crippen LogP contribution in [0, 0.1) is 0 Å². The molecule has 0 spiro atoms. The molecule has 4 heteroatoms. The van der Waals surface area contributed by atoms with Crippen molar-refractivity contribution in [1.82, 2.24) is 9.97 Å². The smallest absolute Gasteiger partial charge is 0.226 e. The number of aromatic nitrogens is 2. The molecule has 0 amide bonds. The van der Waals surface area contributed by atoms with E-state index in [1.165, 1.54) is 6.42 Å². The number of fused-ring (bicyclic) bond motifs is 1. The molecule has 3 nitrogen and oxygen atoms in total. The normalized spacial score (nSPS) is 19.9. The van der Waals surface area contributed by atoms with Gasteiger partial charge in [0.25, 0.3) is 0 Å². The van der Waals surface area contributed by atoms with E-state index in [9.17, 15) is 0 Å². The molecule has 1 atom stereocenters. The van der Waals surface area contributed by atoms with E-state index in [1.54, 1.807) is 0 Å². The number of nitrogens with zero attached hydrogens (tertiary/aromatic N) is 3. The van der Waals surface area contributed by atoms with Crippen LogP contribution in [0.3, 0.4) is 0 Å². The molecule has 2 aromatic rings. The molecule has 1 saturated heterocycles. The van der Waals surface area contributed by atoms with Crippen LogP contribution in [-0.4, -0.2) is 22.6 Å². The Balaban J connectivity index is 2.11. The van der Waals surface area contributed by atoms with Gasteiger partial charge in [-0.05, 0) is 35.3 Å². The van der Waals surface area contributed by atoms with Crippen molar-refractivity contribution in [1.29, 1.82) is 0 Å². The lowest BCUT2D eigenvalue weighted by Crippen LogP contribution is -2.46. The molecule has 3 rings (SSSR count). The summed E-state index contributed by atoms with van der Waals surface area (Å²) in [4.78, 5) is 11.3. The molecule has 1 aliphatic heterocycles. The van der Waals surface area contributed by atoms with Crippen LogP contribution in [0.15, 0.2) is 28.9 Å². The third kappa shape index (κ3) is 1.48. The lowest BCUT2D eigenvalue weighted by Gasteiger charge is -2.38. The summed E-state index contributed by atoms with van der Waals surface area (Å²) in [6, 6.07) is 6.61. The number of benzene rings is 1. The highest BCUT2D eigenvalue weighted by Crippen LogP contribution is 2.27. The molecule has 0 aliphatic carbocycles. The Morgan fingerprint density at radius 2 is 2.31 bits per heavy atom. The Morgan fingerprint density at radius 1 is 1.44 bits per heavy atom. The zero-order chi connectivity index (χ0) is 11.1. The van der Waals surface area contributed by atoms with E-state index in [4.69, 9.17) is 0 Å². The quantitative estimate of drug-likeness (QED) is 0.803. The summed E-state index contributed by atoms with van der Waals surface area (Å²) in [7, 11) is 0. The predicted octanol–water partition coefficient (Wildman–Crippen LogP) is 2.99. The minimum absolute atomic E-state index is 0.569. The molecule has 1 aromatic heterocycles. The first kappa shape index (κ1) is 10.0. The van der Waals surface area contributed by atoms with E-state index in [0.29, 0.717) is 6.04 Å². The molecular formula is C12H12BrN3. The van der Waals surface area contributed by atoms with Gasteiger partial charge in [-0.3, -0.25) is 0 Å². The van der Waals surface area contributed by atoms with Crippen molar-refractivity contribution in [3.63, 3.8) is 0 Å². The summed E-state index contributed by atoms with van der Waals surface area (Å²) in [6.07, 6.45) is 3.13. The third-order valence-corrected chi connectivity index (χ3v) is 3.77. The summed E-state index contributed by atoms with van der Waals surface area (Å²) in [6.45, 7) is 3.27. The van der Waals surface area contributed by atoms with Crippen LogP contribution in [0.2, 0.25) is 0 Å².